The Hall–Kier alpha value is -1.12. The van der Waals surface area contributed by atoms with E-state index in [0.29, 0.717) is 0 Å². The number of rotatable bonds is 2. The summed E-state index contributed by atoms with van der Waals surface area (Å²) in [6.07, 6.45) is 3.18. The number of aliphatic imine (C=N–C) groups is 1. The lowest BCUT2D eigenvalue weighted by Crippen LogP contribution is -2.03. The summed E-state index contributed by atoms with van der Waals surface area (Å²) < 4.78 is 0.889. The number of phenolic OH excluding ortho intramolecular Hbond substituents is 1. The average molecular weight is 268 g/mol. The maximum atomic E-state index is 10.3. The van der Waals surface area contributed by atoms with Gasteiger partial charge >= 0.3 is 0 Å². The molecule has 1 aliphatic carbocycles. The van der Waals surface area contributed by atoms with E-state index in [9.17, 15) is 9.90 Å². The molecule has 1 aromatic carbocycles. The van der Waals surface area contributed by atoms with E-state index in [4.69, 9.17) is 0 Å². The maximum absolute atomic E-state index is 10.3. The summed E-state index contributed by atoms with van der Waals surface area (Å²) in [4.78, 5) is 14.1. The van der Waals surface area contributed by atoms with Crippen molar-refractivity contribution in [3.05, 3.63) is 27.7 Å². The van der Waals surface area contributed by atoms with E-state index < -0.39 is 5.54 Å². The predicted octanol–water partition coefficient (Wildman–Crippen LogP) is 2.79. The molecule has 0 bridgehead atoms. The van der Waals surface area contributed by atoms with Gasteiger partial charge in [-0.1, -0.05) is 15.9 Å². The minimum atomic E-state index is -0.514. The number of nitrogens with zero attached hydrogens (tertiary/aromatic N) is 1. The van der Waals surface area contributed by atoms with Gasteiger partial charge in [-0.05, 0) is 37.5 Å². The molecular weight excluding hydrogens is 258 g/mol. The van der Waals surface area contributed by atoms with Gasteiger partial charge in [0.1, 0.15) is 11.3 Å². The van der Waals surface area contributed by atoms with Crippen LogP contribution in [0.1, 0.15) is 24.0 Å². The number of halogens is 1. The van der Waals surface area contributed by atoms with Gasteiger partial charge in [-0.2, -0.15) is 4.99 Å². The van der Waals surface area contributed by atoms with Crippen molar-refractivity contribution in [3.63, 3.8) is 0 Å². The van der Waals surface area contributed by atoms with Crippen LogP contribution in [0.5, 0.6) is 5.75 Å². The third kappa shape index (κ3) is 1.71. The Balaban J connectivity index is 2.57. The van der Waals surface area contributed by atoms with Gasteiger partial charge in [-0.15, -0.1) is 0 Å². The van der Waals surface area contributed by atoms with Crippen LogP contribution in [-0.4, -0.2) is 11.2 Å². The van der Waals surface area contributed by atoms with Gasteiger partial charge in [-0.25, -0.2) is 4.79 Å². The van der Waals surface area contributed by atoms with Crippen molar-refractivity contribution in [1.29, 1.82) is 0 Å². The average Bonchev–Trinajstić information content (AvgIpc) is 2.93. The molecule has 15 heavy (non-hydrogen) atoms. The molecule has 2 rings (SSSR count). The first-order valence-corrected chi connectivity index (χ1v) is 5.47. The van der Waals surface area contributed by atoms with Gasteiger partial charge < -0.3 is 5.11 Å². The van der Waals surface area contributed by atoms with Gasteiger partial charge in [0.15, 0.2) is 0 Å². The number of phenols is 1. The molecule has 1 fully saturated rings. The Morgan fingerprint density at radius 2 is 2.20 bits per heavy atom. The molecule has 1 saturated carbocycles. The van der Waals surface area contributed by atoms with Crippen LogP contribution in [0, 0.1) is 6.92 Å². The van der Waals surface area contributed by atoms with E-state index in [1.165, 1.54) is 0 Å². The molecule has 0 spiro atoms. The summed E-state index contributed by atoms with van der Waals surface area (Å²) in [6.45, 7) is 1.82. The fourth-order valence-electron chi connectivity index (χ4n) is 1.74. The van der Waals surface area contributed by atoms with Gasteiger partial charge in [-0.3, -0.25) is 0 Å². The highest BCUT2D eigenvalue weighted by molar-refractivity contribution is 9.10. The zero-order chi connectivity index (χ0) is 11.1. The first-order valence-electron chi connectivity index (χ1n) is 4.68. The molecule has 0 radical (unpaired) electrons. The summed E-state index contributed by atoms with van der Waals surface area (Å²) in [5.74, 6) is 0.231. The van der Waals surface area contributed by atoms with E-state index in [0.717, 1.165) is 28.4 Å². The minimum Gasteiger partial charge on any atom is -0.507 e. The molecule has 1 aromatic rings. The SMILES string of the molecule is Cc1cc(Br)cc(C2(N=C=O)CC2)c1O. The molecule has 3 nitrogen and oxygen atoms in total. The second-order valence-corrected chi connectivity index (χ2v) is 4.77. The smallest absolute Gasteiger partial charge is 0.235 e. The van der Waals surface area contributed by atoms with Crippen LogP contribution >= 0.6 is 15.9 Å². The maximum Gasteiger partial charge on any atom is 0.235 e. The number of isocyanates is 1. The lowest BCUT2D eigenvalue weighted by atomic mass is 10.0. The van der Waals surface area contributed by atoms with Crippen molar-refractivity contribution in [3.8, 4) is 5.75 Å². The second kappa shape index (κ2) is 3.47. The lowest BCUT2D eigenvalue weighted by molar-refractivity contribution is 0.455. The molecule has 0 amide bonds. The molecule has 0 atom stereocenters. The third-order valence-electron chi connectivity index (χ3n) is 2.75. The number of hydrogen-bond donors (Lipinski definition) is 1. The molecule has 4 heteroatoms. The molecule has 1 N–H and O–H groups in total. The normalized spacial score (nSPS) is 16.9. The van der Waals surface area contributed by atoms with Crippen LogP contribution in [0.4, 0.5) is 0 Å². The number of aromatic hydroxyl groups is 1. The minimum absolute atomic E-state index is 0.231. The molecule has 0 unspecified atom stereocenters. The fourth-order valence-corrected chi connectivity index (χ4v) is 2.31. The monoisotopic (exact) mass is 267 g/mol. The quantitative estimate of drug-likeness (QED) is 0.662. The predicted molar refractivity (Wildman–Crippen MR) is 59.6 cm³/mol. The Kier molecular flexibility index (Phi) is 2.41. The van der Waals surface area contributed by atoms with Crippen molar-refractivity contribution < 1.29 is 9.90 Å². The van der Waals surface area contributed by atoms with Crippen LogP contribution in [0.2, 0.25) is 0 Å². The van der Waals surface area contributed by atoms with Gasteiger partial charge in [0.05, 0.1) is 0 Å². The molecule has 78 valence electrons. The van der Waals surface area contributed by atoms with E-state index in [2.05, 4.69) is 20.9 Å². The highest BCUT2D eigenvalue weighted by Gasteiger charge is 2.47. The number of carbonyl (C=O) groups excluding carboxylic acids is 1. The molecule has 1 aliphatic rings. The largest absolute Gasteiger partial charge is 0.507 e. The van der Waals surface area contributed by atoms with E-state index >= 15 is 0 Å². The molecule has 0 heterocycles. The second-order valence-electron chi connectivity index (χ2n) is 3.85. The van der Waals surface area contributed by atoms with Crippen molar-refractivity contribution in [1.82, 2.24) is 0 Å². The summed E-state index contributed by atoms with van der Waals surface area (Å²) in [7, 11) is 0. The third-order valence-corrected chi connectivity index (χ3v) is 3.21. The number of benzene rings is 1. The lowest BCUT2D eigenvalue weighted by Gasteiger charge is -2.13. The summed E-state index contributed by atoms with van der Waals surface area (Å²) in [5, 5.41) is 9.91. The summed E-state index contributed by atoms with van der Waals surface area (Å²) in [5.41, 5.74) is 0.991. The number of aryl methyl sites for hydroxylation is 1. The first-order chi connectivity index (χ1) is 7.09. The zero-order valence-electron chi connectivity index (χ0n) is 8.25. The van der Waals surface area contributed by atoms with Gasteiger partial charge in [0.2, 0.25) is 6.08 Å². The van der Waals surface area contributed by atoms with E-state index in [-0.39, 0.29) is 5.75 Å². The van der Waals surface area contributed by atoms with Crippen molar-refractivity contribution in [2.24, 2.45) is 4.99 Å². The van der Waals surface area contributed by atoms with Crippen molar-refractivity contribution >= 4 is 22.0 Å². The van der Waals surface area contributed by atoms with E-state index in [1.54, 1.807) is 6.08 Å². The molecule has 0 saturated heterocycles. The zero-order valence-corrected chi connectivity index (χ0v) is 9.84. The Bertz CT molecular complexity index is 460. The van der Waals surface area contributed by atoms with Crippen LogP contribution in [0.15, 0.2) is 21.6 Å². The Labute approximate surface area is 96.0 Å². The Morgan fingerprint density at radius 3 is 2.73 bits per heavy atom. The van der Waals surface area contributed by atoms with Crippen LogP contribution < -0.4 is 0 Å². The molecule has 0 aromatic heterocycles. The molecule has 0 aliphatic heterocycles. The standard InChI is InChI=1S/C11H10BrNO2/c1-7-4-8(12)5-9(10(7)15)11(2-3-11)13-6-14/h4-5,15H,2-3H2,1H3. The molecular formula is C11H10BrNO2. The summed E-state index contributed by atoms with van der Waals surface area (Å²) >= 11 is 3.37. The fraction of sp³-hybridized carbons (Fsp3) is 0.364. The number of hydrogen-bond acceptors (Lipinski definition) is 3. The summed E-state index contributed by atoms with van der Waals surface area (Å²) in [6, 6.07) is 3.65. The van der Waals surface area contributed by atoms with Crippen molar-refractivity contribution in [2.45, 2.75) is 25.3 Å². The van der Waals surface area contributed by atoms with Gasteiger partial charge in [0.25, 0.3) is 0 Å². The van der Waals surface area contributed by atoms with Crippen LogP contribution in [0.25, 0.3) is 0 Å². The van der Waals surface area contributed by atoms with Gasteiger partial charge in [0, 0.05) is 10.0 Å². The highest BCUT2D eigenvalue weighted by Crippen LogP contribution is 2.53. The first kappa shape index (κ1) is 10.4. The van der Waals surface area contributed by atoms with Crippen LogP contribution in [-0.2, 0) is 10.3 Å². The topological polar surface area (TPSA) is 49.7 Å². The van der Waals surface area contributed by atoms with E-state index in [1.807, 2.05) is 19.1 Å². The highest BCUT2D eigenvalue weighted by atomic mass is 79.9. The van der Waals surface area contributed by atoms with Crippen LogP contribution in [0.3, 0.4) is 0 Å². The Morgan fingerprint density at radius 1 is 1.53 bits per heavy atom. The van der Waals surface area contributed by atoms with Crippen molar-refractivity contribution in [2.75, 3.05) is 0 Å².